The summed E-state index contributed by atoms with van der Waals surface area (Å²) in [5.74, 6) is 4.29. The summed E-state index contributed by atoms with van der Waals surface area (Å²) in [6, 6.07) is 25.7. The van der Waals surface area contributed by atoms with Crippen molar-refractivity contribution in [3.63, 3.8) is 0 Å². The van der Waals surface area contributed by atoms with Gasteiger partial charge in [0, 0.05) is 190 Å². The molecular formula is C79H113N15O7S. The highest BCUT2D eigenvalue weighted by Gasteiger charge is 2.29. The molecule has 0 amide bonds. The number of methoxy groups -OCH3 is 3. The minimum atomic E-state index is 0.0473. The van der Waals surface area contributed by atoms with Gasteiger partial charge in [0.2, 0.25) is 11.1 Å². The van der Waals surface area contributed by atoms with Crippen molar-refractivity contribution in [1.82, 2.24) is 60.0 Å². The van der Waals surface area contributed by atoms with E-state index in [4.69, 9.17) is 18.6 Å². The number of ketones is 3. The Morgan fingerprint density at radius 2 is 0.892 bits per heavy atom. The van der Waals surface area contributed by atoms with Crippen molar-refractivity contribution in [2.45, 2.75) is 119 Å². The van der Waals surface area contributed by atoms with E-state index in [9.17, 15) is 14.4 Å². The maximum Gasteiger partial charge on any atom is 0.297 e. The number of hydrogen-bond acceptors (Lipinski definition) is 19. The molecule has 3 atom stereocenters. The summed E-state index contributed by atoms with van der Waals surface area (Å²) in [5.41, 5.74) is 7.30. The fraction of sp³-hybridized carbons (Fsp3) is 0.570. The SMILES string of the molecule is COCCN1CCN(c2n[nH]c(C(=O)CC(CCC(C)C)Cc3c[nH]c4ccccc34)n2)CC1.COCCN1CCN(c2ncc(C(=O)CC(CCC(C)C)Cc3c[nH]c4ccccc34)o2)CC1.COCCN1CCN(c2nnc(C(=O)CC(CCC(C)C)Cc3c[nH]c4ccccc34)s2)CC1. The molecule has 0 bridgehead atoms. The van der Waals surface area contributed by atoms with Gasteiger partial charge in [0.15, 0.2) is 33.9 Å². The van der Waals surface area contributed by atoms with Gasteiger partial charge in [-0.3, -0.25) is 34.2 Å². The zero-order chi connectivity index (χ0) is 71.7. The van der Waals surface area contributed by atoms with Crippen molar-refractivity contribution in [2.24, 2.45) is 35.5 Å². The molecule has 9 aromatic rings. The molecular weight excluding hydrogens is 1300 g/mol. The van der Waals surface area contributed by atoms with Crippen LogP contribution in [0.2, 0.25) is 0 Å². The number of rotatable bonds is 36. The van der Waals surface area contributed by atoms with E-state index in [0.29, 0.717) is 71.5 Å². The quantitative estimate of drug-likeness (QED) is 0.0267. The van der Waals surface area contributed by atoms with Crippen LogP contribution in [0, 0.1) is 35.5 Å². The standard InChI is InChI=1S/C27H38N4O3.C26H38N6O2.C26H37N5O2S/c1-20(2)8-9-21(16-22-18-28-24-7-5-4-6-23(22)24)17-25(32)26-19-29-27(34-26)31-12-10-30(11-13-31)14-15-33-3;1-19(2)8-9-20(16-21-18-27-23-7-5-4-6-22(21)23)17-24(33)25-28-26(30-29-25)32-12-10-31(11-13-32)14-15-34-3;1-19(2)8-9-20(16-21-18-27-23-7-5-4-6-22(21)23)17-24(32)25-28-29-26(34-25)31-12-10-30(11-13-31)14-15-33-3/h4-7,18-21,28H,8-17H2,1-3H3;4-7,18-20,27H,8-17H2,1-3H3,(H,28,29,30);4-7,18-20,27H,8-17H2,1-3H3. The van der Waals surface area contributed by atoms with Crippen LogP contribution in [0.5, 0.6) is 0 Å². The molecule has 3 unspecified atom stereocenters. The summed E-state index contributed by atoms with van der Waals surface area (Å²) in [7, 11) is 5.20. The largest absolute Gasteiger partial charge is 0.420 e. The lowest BCUT2D eigenvalue weighted by Gasteiger charge is -2.34. The number of piperazine rings is 3. The fourth-order valence-electron chi connectivity index (χ4n) is 14.1. The van der Waals surface area contributed by atoms with Gasteiger partial charge in [-0.1, -0.05) is 127 Å². The Morgan fingerprint density at radius 3 is 1.32 bits per heavy atom. The number of oxazole rings is 1. The number of anilines is 3. The number of nitrogens with zero attached hydrogens (tertiary/aromatic N) is 11. The van der Waals surface area contributed by atoms with Gasteiger partial charge in [0.1, 0.15) is 0 Å². The first-order chi connectivity index (χ1) is 49.6. The van der Waals surface area contributed by atoms with Crippen molar-refractivity contribution in [3.8, 4) is 0 Å². The van der Waals surface area contributed by atoms with E-state index in [1.54, 1.807) is 27.5 Å². The lowest BCUT2D eigenvalue weighted by molar-refractivity contribution is 0.0926. The Hall–Kier alpha value is -7.64. The van der Waals surface area contributed by atoms with Crippen LogP contribution in [-0.2, 0) is 33.5 Å². The van der Waals surface area contributed by atoms with Crippen LogP contribution in [0.15, 0.2) is 102 Å². The minimum Gasteiger partial charge on any atom is -0.420 e. The summed E-state index contributed by atoms with van der Waals surface area (Å²) < 4.78 is 21.5. The zero-order valence-corrected chi connectivity index (χ0v) is 62.9. The second kappa shape index (κ2) is 39.3. The highest BCUT2D eigenvalue weighted by molar-refractivity contribution is 7.17. The summed E-state index contributed by atoms with van der Waals surface area (Å²) in [4.78, 5) is 72.4. The number of H-pyrrole nitrogens is 4. The molecule has 9 heterocycles. The third-order valence-corrected chi connectivity index (χ3v) is 21.4. The molecule has 0 saturated carbocycles. The molecule has 3 aliphatic heterocycles. The van der Waals surface area contributed by atoms with Gasteiger partial charge in [-0.25, -0.2) is 4.98 Å². The number of fused-ring (bicyclic) bond motifs is 3. The van der Waals surface area contributed by atoms with Gasteiger partial charge in [0.05, 0.1) is 26.0 Å². The van der Waals surface area contributed by atoms with Crippen LogP contribution in [0.1, 0.15) is 147 Å². The van der Waals surface area contributed by atoms with E-state index in [-0.39, 0.29) is 29.2 Å². The first-order valence-electron chi connectivity index (χ1n) is 37.4. The molecule has 3 aliphatic rings. The van der Waals surface area contributed by atoms with Crippen LogP contribution < -0.4 is 14.7 Å². The van der Waals surface area contributed by atoms with Crippen molar-refractivity contribution < 1.29 is 33.0 Å². The molecule has 102 heavy (non-hydrogen) atoms. The van der Waals surface area contributed by atoms with Crippen molar-refractivity contribution in [1.29, 1.82) is 0 Å². The van der Waals surface area contributed by atoms with Gasteiger partial charge < -0.3 is 48.3 Å². The van der Waals surface area contributed by atoms with E-state index in [0.717, 1.165) is 197 Å². The monoisotopic (exact) mass is 1420 g/mol. The third-order valence-electron chi connectivity index (χ3n) is 20.4. The Labute approximate surface area is 607 Å². The molecule has 23 heteroatoms. The molecule has 6 aromatic heterocycles. The number of carbonyl (C=O) groups excluding carboxylic acids is 3. The van der Waals surface area contributed by atoms with Gasteiger partial charge in [-0.05, 0) is 109 Å². The predicted octanol–water partition coefficient (Wildman–Crippen LogP) is 13.4. The summed E-state index contributed by atoms with van der Waals surface area (Å²) >= 11 is 1.45. The number of benzene rings is 3. The number of Topliss-reactive ketones (excluding diaryl/α,β-unsaturated/α-hetero) is 3. The second-order valence-electron chi connectivity index (χ2n) is 29.4. The number of aromatic amines is 4. The van der Waals surface area contributed by atoms with Gasteiger partial charge >= 0.3 is 0 Å². The van der Waals surface area contributed by atoms with E-state index in [1.165, 1.54) is 44.2 Å². The third kappa shape index (κ3) is 22.7. The second-order valence-corrected chi connectivity index (χ2v) is 30.4. The number of aromatic nitrogens is 9. The highest BCUT2D eigenvalue weighted by Crippen LogP contribution is 2.32. The summed E-state index contributed by atoms with van der Waals surface area (Å²) in [5, 5.41) is 21.1. The molecule has 3 aromatic carbocycles. The summed E-state index contributed by atoms with van der Waals surface area (Å²) in [6.45, 7) is 29.5. The Bertz CT molecular complexity index is 3560. The first kappa shape index (κ1) is 77.0. The molecule has 552 valence electrons. The predicted molar refractivity (Wildman–Crippen MR) is 410 cm³/mol. The van der Waals surface area contributed by atoms with Crippen LogP contribution in [0.25, 0.3) is 32.7 Å². The molecule has 3 fully saturated rings. The normalized spacial score (nSPS) is 15.9. The topological polar surface area (TPSA) is 239 Å². The van der Waals surface area contributed by atoms with Crippen LogP contribution in [0.3, 0.4) is 0 Å². The highest BCUT2D eigenvalue weighted by atomic mass is 32.1. The van der Waals surface area contributed by atoms with E-state index < -0.39 is 0 Å². The molecule has 12 rings (SSSR count). The first-order valence-corrected chi connectivity index (χ1v) is 38.3. The number of nitrogens with one attached hydrogen (secondary N) is 4. The average molecular weight is 1420 g/mol. The number of ether oxygens (including phenoxy) is 3. The van der Waals surface area contributed by atoms with Crippen LogP contribution >= 0.6 is 11.3 Å². The lowest BCUT2D eigenvalue weighted by Crippen LogP contribution is -2.47. The average Bonchev–Trinajstić information content (AvgIpc) is 1.71. The van der Waals surface area contributed by atoms with Crippen molar-refractivity contribution >= 4 is 78.5 Å². The minimum absolute atomic E-state index is 0.0473. The number of carbonyl (C=O) groups is 3. The van der Waals surface area contributed by atoms with E-state index >= 15 is 0 Å². The maximum atomic E-state index is 13.2. The van der Waals surface area contributed by atoms with Gasteiger partial charge in [-0.15, -0.1) is 15.3 Å². The summed E-state index contributed by atoms with van der Waals surface area (Å²) in [6.07, 6.45) is 18.5. The molecule has 22 nitrogen and oxygen atoms in total. The van der Waals surface area contributed by atoms with Crippen LogP contribution in [0.4, 0.5) is 17.1 Å². The maximum absolute atomic E-state index is 13.2. The van der Waals surface area contributed by atoms with Crippen molar-refractivity contribution in [2.75, 3.05) is 154 Å². The lowest BCUT2D eigenvalue weighted by atomic mass is 9.87. The molecule has 0 radical (unpaired) electrons. The Kier molecular flexibility index (Phi) is 29.7. The number of para-hydroxylation sites is 3. The molecule has 0 aliphatic carbocycles. The molecule has 0 spiro atoms. The van der Waals surface area contributed by atoms with Gasteiger partial charge in [0.25, 0.3) is 6.01 Å². The fourth-order valence-corrected chi connectivity index (χ4v) is 15.0. The van der Waals surface area contributed by atoms with Crippen LogP contribution in [-0.4, -0.2) is 217 Å². The Balaban J connectivity index is 0.000000165. The Morgan fingerprint density at radius 1 is 0.490 bits per heavy atom. The van der Waals surface area contributed by atoms with E-state index in [1.807, 2.05) is 12.1 Å². The zero-order valence-electron chi connectivity index (χ0n) is 62.1. The molecule has 3 saturated heterocycles. The number of hydrogen-bond donors (Lipinski definition) is 4. The smallest absolute Gasteiger partial charge is 0.297 e. The van der Waals surface area contributed by atoms with Crippen molar-refractivity contribution in [3.05, 3.63) is 131 Å². The molecule has 4 N–H and O–H groups in total. The van der Waals surface area contributed by atoms with Gasteiger partial charge in [-0.2, -0.15) is 4.98 Å². The van der Waals surface area contributed by atoms with E-state index in [2.05, 4.69) is 196 Å².